The number of hydrogen-bond donors (Lipinski definition) is 10. The van der Waals surface area contributed by atoms with E-state index in [1.54, 1.807) is 68.4 Å². The Morgan fingerprint density at radius 2 is 1.52 bits per heavy atom. The Morgan fingerprint density at radius 3 is 2.08 bits per heavy atom. The number of likely N-dealkylation sites (N-methyl/N-ethyl adjacent to an activating group) is 1. The SMILES string of the molecule is CN(C(=O)OC(C)(C)C)[C@@H]1[C@@H](O)[C@@H](O[C@H]2[C@H](NC(=O)[C@@H](O)CCNC(=O)OC(C)(C)C)C[C@H](NC(=O)OC(C)(C)C)C([C@H]3OC(CN)=CC[C@H]3NS(=O)(=O)CCN)[C@@H]2O)OC[C@]1(C)O. The standard InChI is InChI=1S/C40H73N7O16S/c1-37(2,3)61-34(52)43-16-14-25(48)32(51)44-24-18-23(45-35(53)62-38(4,5)6)26(29-22(13-12-21(19-42)59-29)46-64(56,57)17-15-41)27(49)30(24)60-33-28(50)31(40(10,55)20-58-33)47(11)36(54)63-39(7,8)9/h12,22-31,33,46,48-50,55H,13-20,41-42H2,1-11H3,(H,43,52)(H,44,51)(H,45,53)/t22-,23+,24-,25+,26?,27+,28-,29+,30+,31-,33-,40+/m1/s1. The van der Waals surface area contributed by atoms with E-state index in [4.69, 9.17) is 39.9 Å². The molecular weight excluding hydrogens is 867 g/mol. The lowest BCUT2D eigenvalue weighted by Gasteiger charge is -2.52. The average molecular weight is 940 g/mol. The van der Waals surface area contributed by atoms with Crippen molar-refractivity contribution >= 4 is 34.2 Å². The maximum Gasteiger partial charge on any atom is 0.410 e. The minimum absolute atomic E-state index is 0.0246. The predicted octanol–water partition coefficient (Wildman–Crippen LogP) is -1.01. The van der Waals surface area contributed by atoms with E-state index in [1.807, 2.05) is 0 Å². The molecule has 370 valence electrons. The number of aliphatic hydroxyl groups is 4. The van der Waals surface area contributed by atoms with Gasteiger partial charge < -0.3 is 81.2 Å². The van der Waals surface area contributed by atoms with Gasteiger partial charge >= 0.3 is 18.3 Å². The van der Waals surface area contributed by atoms with Gasteiger partial charge in [-0.15, -0.1) is 0 Å². The first-order chi connectivity index (χ1) is 29.3. The topological polar surface area (TPSA) is 342 Å². The molecule has 0 aromatic carbocycles. The van der Waals surface area contributed by atoms with Crippen molar-refractivity contribution in [3.05, 3.63) is 11.8 Å². The minimum Gasteiger partial charge on any atom is -0.492 e. The molecule has 0 radical (unpaired) electrons. The van der Waals surface area contributed by atoms with E-state index in [1.165, 1.54) is 14.0 Å². The van der Waals surface area contributed by atoms with Crippen LogP contribution in [0.2, 0.25) is 0 Å². The van der Waals surface area contributed by atoms with Gasteiger partial charge in [0.2, 0.25) is 15.9 Å². The molecule has 1 unspecified atom stereocenters. The van der Waals surface area contributed by atoms with Gasteiger partial charge in [-0.2, -0.15) is 0 Å². The smallest absolute Gasteiger partial charge is 0.410 e. The zero-order valence-electron chi connectivity index (χ0n) is 38.8. The molecule has 4 amide bonds. The zero-order valence-corrected chi connectivity index (χ0v) is 39.6. The van der Waals surface area contributed by atoms with Crippen LogP contribution in [-0.4, -0.2) is 180 Å². The molecule has 3 aliphatic rings. The summed E-state index contributed by atoms with van der Waals surface area (Å²) in [7, 11) is -2.73. The highest BCUT2D eigenvalue weighted by molar-refractivity contribution is 7.89. The maximum atomic E-state index is 13.7. The van der Waals surface area contributed by atoms with Crippen molar-refractivity contribution in [2.24, 2.45) is 17.4 Å². The number of sulfonamides is 1. The third-order valence-electron chi connectivity index (χ3n) is 10.3. The number of hydrogen-bond acceptors (Lipinski definition) is 18. The summed E-state index contributed by atoms with van der Waals surface area (Å²) >= 11 is 0. The van der Waals surface area contributed by atoms with Crippen LogP contribution in [-0.2, 0) is 43.2 Å². The summed E-state index contributed by atoms with van der Waals surface area (Å²) in [6.07, 6.45) is -11.7. The van der Waals surface area contributed by atoms with Crippen LogP contribution in [0.4, 0.5) is 14.4 Å². The molecule has 64 heavy (non-hydrogen) atoms. The molecule has 1 aliphatic carbocycles. The fourth-order valence-electron chi connectivity index (χ4n) is 7.70. The van der Waals surface area contributed by atoms with E-state index >= 15 is 0 Å². The summed E-state index contributed by atoms with van der Waals surface area (Å²) in [5.74, 6) is -2.51. The van der Waals surface area contributed by atoms with Crippen molar-refractivity contribution in [3.63, 3.8) is 0 Å². The molecule has 0 aromatic rings. The van der Waals surface area contributed by atoms with E-state index in [0.717, 1.165) is 4.90 Å². The molecule has 23 nitrogen and oxygen atoms in total. The third kappa shape index (κ3) is 16.1. The summed E-state index contributed by atoms with van der Waals surface area (Å²) in [5.41, 5.74) is 6.92. The number of nitrogens with two attached hydrogens (primary N) is 2. The van der Waals surface area contributed by atoms with Gasteiger partial charge in [0.25, 0.3) is 0 Å². The maximum absolute atomic E-state index is 13.7. The van der Waals surface area contributed by atoms with E-state index in [0.29, 0.717) is 0 Å². The van der Waals surface area contributed by atoms with Crippen molar-refractivity contribution in [1.82, 2.24) is 25.6 Å². The van der Waals surface area contributed by atoms with Gasteiger partial charge in [0.15, 0.2) is 6.29 Å². The van der Waals surface area contributed by atoms with Gasteiger partial charge in [0, 0.05) is 32.1 Å². The van der Waals surface area contributed by atoms with Gasteiger partial charge in [-0.25, -0.2) is 27.5 Å². The van der Waals surface area contributed by atoms with Crippen molar-refractivity contribution in [2.45, 2.75) is 172 Å². The number of rotatable bonds is 15. The Bertz CT molecular complexity index is 1750. The summed E-state index contributed by atoms with van der Waals surface area (Å²) in [6, 6.07) is -5.05. The fraction of sp³-hybridized carbons (Fsp3) is 0.850. The fourth-order valence-corrected chi connectivity index (χ4v) is 8.82. The van der Waals surface area contributed by atoms with E-state index < -0.39 is 136 Å². The summed E-state index contributed by atoms with van der Waals surface area (Å²) in [4.78, 5) is 53.7. The number of aliphatic hydroxyl groups excluding tert-OH is 3. The number of carbonyl (C=O) groups is 4. The van der Waals surface area contributed by atoms with Gasteiger partial charge in [-0.1, -0.05) is 0 Å². The second-order valence-electron chi connectivity index (χ2n) is 19.6. The van der Waals surface area contributed by atoms with Crippen LogP contribution < -0.4 is 32.1 Å². The van der Waals surface area contributed by atoms with Crippen molar-refractivity contribution in [1.29, 1.82) is 0 Å². The molecule has 2 fully saturated rings. The van der Waals surface area contributed by atoms with Crippen LogP contribution in [0.1, 0.15) is 88.5 Å². The van der Waals surface area contributed by atoms with Gasteiger partial charge in [0.1, 0.15) is 52.6 Å². The number of nitrogens with one attached hydrogen (secondary N) is 4. The second kappa shape index (κ2) is 21.8. The first kappa shape index (κ1) is 54.7. The van der Waals surface area contributed by atoms with Gasteiger partial charge in [-0.05, 0) is 94.6 Å². The quantitative estimate of drug-likeness (QED) is 0.0879. The summed E-state index contributed by atoms with van der Waals surface area (Å²) in [6.45, 7) is 15.0. The van der Waals surface area contributed by atoms with Crippen LogP contribution in [0.5, 0.6) is 0 Å². The first-order valence-corrected chi connectivity index (χ1v) is 22.9. The lowest BCUT2D eigenvalue weighted by atomic mass is 9.72. The average Bonchev–Trinajstić information content (AvgIpc) is 3.11. The molecule has 12 atom stereocenters. The first-order valence-electron chi connectivity index (χ1n) is 21.3. The van der Waals surface area contributed by atoms with Crippen LogP contribution in [0.15, 0.2) is 11.8 Å². The highest BCUT2D eigenvalue weighted by Gasteiger charge is 2.56. The molecule has 1 saturated heterocycles. The summed E-state index contributed by atoms with van der Waals surface area (Å²) < 4.78 is 63.6. The van der Waals surface area contributed by atoms with Crippen molar-refractivity contribution in [3.8, 4) is 0 Å². The lowest BCUT2D eigenvalue weighted by Crippen LogP contribution is -2.71. The minimum atomic E-state index is -4.03. The highest BCUT2D eigenvalue weighted by Crippen LogP contribution is 2.39. The van der Waals surface area contributed by atoms with Crippen LogP contribution in [0.3, 0.4) is 0 Å². The Kier molecular flexibility index (Phi) is 18.7. The molecule has 2 heterocycles. The number of ether oxygens (including phenoxy) is 6. The molecule has 3 rings (SSSR count). The second-order valence-corrected chi connectivity index (χ2v) is 21.5. The number of carbonyl (C=O) groups excluding carboxylic acids is 4. The Morgan fingerprint density at radius 1 is 0.922 bits per heavy atom. The van der Waals surface area contributed by atoms with Crippen LogP contribution >= 0.6 is 0 Å². The van der Waals surface area contributed by atoms with Gasteiger partial charge in [-0.3, -0.25) is 4.79 Å². The van der Waals surface area contributed by atoms with E-state index in [9.17, 15) is 48.0 Å². The third-order valence-corrected chi connectivity index (χ3v) is 11.7. The molecule has 0 spiro atoms. The van der Waals surface area contributed by atoms with Crippen molar-refractivity contribution in [2.75, 3.05) is 39.0 Å². The van der Waals surface area contributed by atoms with E-state index in [-0.39, 0.29) is 44.7 Å². The van der Waals surface area contributed by atoms with E-state index in [2.05, 4.69) is 20.7 Å². The van der Waals surface area contributed by atoms with Crippen LogP contribution in [0.25, 0.3) is 0 Å². The molecule has 24 heteroatoms. The number of alkyl carbamates (subject to hydrolysis) is 2. The Hall–Kier alpha value is -3.59. The number of nitrogens with zero attached hydrogens (tertiary/aromatic N) is 1. The molecule has 12 N–H and O–H groups in total. The highest BCUT2D eigenvalue weighted by atomic mass is 32.2. The largest absolute Gasteiger partial charge is 0.492 e. The molecule has 0 aromatic heterocycles. The molecule has 0 bridgehead atoms. The molecular formula is C40H73N7O16S. The predicted molar refractivity (Wildman–Crippen MR) is 229 cm³/mol. The molecule has 1 saturated carbocycles. The molecule has 2 aliphatic heterocycles. The Labute approximate surface area is 375 Å². The Balaban J connectivity index is 2.12. The van der Waals surface area contributed by atoms with Crippen molar-refractivity contribution < 1.29 is 76.4 Å². The lowest BCUT2D eigenvalue weighted by molar-refractivity contribution is -0.305. The zero-order chi connectivity index (χ0) is 48.7. The monoisotopic (exact) mass is 939 g/mol. The normalized spacial score (nSPS) is 30.7. The number of amides is 4. The van der Waals surface area contributed by atoms with Gasteiger partial charge in [0.05, 0.1) is 43.1 Å². The van der Waals surface area contributed by atoms with Crippen LogP contribution in [0, 0.1) is 5.92 Å². The summed E-state index contributed by atoms with van der Waals surface area (Å²) in [5, 5.41) is 54.7.